The van der Waals surface area contributed by atoms with Crippen LogP contribution >= 0.6 is 11.6 Å². The lowest BCUT2D eigenvalue weighted by molar-refractivity contribution is -0.119. The van der Waals surface area contributed by atoms with Crippen LogP contribution in [0.2, 0.25) is 5.02 Å². The maximum Gasteiger partial charge on any atom is 0.338 e. The van der Waals surface area contributed by atoms with E-state index >= 15 is 0 Å². The van der Waals surface area contributed by atoms with Gasteiger partial charge in [-0.05, 0) is 42.8 Å². The number of carbonyl (C=O) groups is 2. The van der Waals surface area contributed by atoms with Crippen molar-refractivity contribution >= 4 is 39.2 Å². The fourth-order valence-corrected chi connectivity index (χ4v) is 4.64. The number of methoxy groups -OCH3 is 1. The molecule has 0 radical (unpaired) electrons. The largest absolute Gasteiger partial charge is 0.496 e. The Morgan fingerprint density at radius 1 is 1.16 bits per heavy atom. The number of benzene rings is 2. The number of carbonyl (C=O) groups excluding carboxylic acids is 2. The van der Waals surface area contributed by atoms with Crippen LogP contribution in [0, 0.1) is 6.92 Å². The molecule has 9 nitrogen and oxygen atoms in total. The van der Waals surface area contributed by atoms with Crippen LogP contribution in [-0.4, -0.2) is 64.6 Å². The first-order chi connectivity index (χ1) is 15.2. The number of hydrogen-bond donors (Lipinski definition) is 1. The fraction of sp³-hybridized carbons (Fsp3) is 0.333. The zero-order valence-corrected chi connectivity index (χ0v) is 19.2. The summed E-state index contributed by atoms with van der Waals surface area (Å²) >= 11 is 6.12. The zero-order chi connectivity index (χ0) is 23.3. The van der Waals surface area contributed by atoms with E-state index in [1.54, 1.807) is 12.1 Å². The average molecular weight is 483 g/mol. The lowest BCUT2D eigenvalue weighted by atomic mass is 10.1. The van der Waals surface area contributed by atoms with Crippen LogP contribution in [0.4, 0.5) is 5.69 Å². The normalized spacial score (nSPS) is 14.6. The molecule has 2 aromatic carbocycles. The second kappa shape index (κ2) is 10.3. The summed E-state index contributed by atoms with van der Waals surface area (Å²) < 4.78 is 42.4. The van der Waals surface area contributed by atoms with Crippen LogP contribution in [-0.2, 0) is 24.3 Å². The topological polar surface area (TPSA) is 111 Å². The molecule has 172 valence electrons. The van der Waals surface area contributed by atoms with Crippen LogP contribution in [0.3, 0.4) is 0 Å². The third-order valence-electron chi connectivity index (χ3n) is 4.80. The molecule has 1 saturated heterocycles. The smallest absolute Gasteiger partial charge is 0.338 e. The maximum absolute atomic E-state index is 12.8. The van der Waals surface area contributed by atoms with Gasteiger partial charge in [0.15, 0.2) is 6.61 Å². The van der Waals surface area contributed by atoms with Gasteiger partial charge in [0.25, 0.3) is 5.91 Å². The standard InChI is InChI=1S/C21H23ClN2O7S/c1-14-3-4-15(11-19(14)29-2)21(26)31-13-20(25)23-18-12-16(5-6-17(18)22)32(27,28)24-7-9-30-10-8-24/h3-6,11-12H,7-10,13H2,1-2H3,(H,23,25). The maximum atomic E-state index is 12.8. The van der Waals surface area contributed by atoms with E-state index in [1.807, 2.05) is 6.92 Å². The Morgan fingerprint density at radius 2 is 1.88 bits per heavy atom. The van der Waals surface area contributed by atoms with E-state index in [9.17, 15) is 18.0 Å². The Balaban J connectivity index is 1.66. The van der Waals surface area contributed by atoms with Gasteiger partial charge in [-0.15, -0.1) is 0 Å². The zero-order valence-electron chi connectivity index (χ0n) is 17.6. The Labute approximate surface area is 191 Å². The number of esters is 1. The Kier molecular flexibility index (Phi) is 7.73. The number of sulfonamides is 1. The number of aryl methyl sites for hydroxylation is 1. The third kappa shape index (κ3) is 5.57. The molecule has 1 N–H and O–H groups in total. The van der Waals surface area contributed by atoms with E-state index in [-0.39, 0.29) is 34.3 Å². The van der Waals surface area contributed by atoms with Crippen molar-refractivity contribution in [3.8, 4) is 5.75 Å². The molecule has 0 unspecified atom stereocenters. The van der Waals surface area contributed by atoms with Crippen LogP contribution in [0.1, 0.15) is 15.9 Å². The first kappa shape index (κ1) is 24.0. The van der Waals surface area contributed by atoms with E-state index in [4.69, 9.17) is 25.8 Å². The van der Waals surface area contributed by atoms with Gasteiger partial charge in [-0.1, -0.05) is 17.7 Å². The van der Waals surface area contributed by atoms with E-state index < -0.39 is 28.5 Å². The number of nitrogens with zero attached hydrogens (tertiary/aromatic N) is 1. The van der Waals surface area contributed by atoms with Crippen molar-refractivity contribution in [1.82, 2.24) is 4.31 Å². The second-order valence-electron chi connectivity index (χ2n) is 6.97. The van der Waals surface area contributed by atoms with Gasteiger partial charge in [-0.2, -0.15) is 4.31 Å². The number of rotatable bonds is 7. The number of amides is 1. The average Bonchev–Trinajstić information content (AvgIpc) is 2.79. The highest BCUT2D eigenvalue weighted by atomic mass is 35.5. The molecule has 1 heterocycles. The van der Waals surface area contributed by atoms with Crippen molar-refractivity contribution in [2.24, 2.45) is 0 Å². The molecule has 32 heavy (non-hydrogen) atoms. The molecule has 1 aliphatic heterocycles. The number of morpholine rings is 1. The molecule has 11 heteroatoms. The molecule has 2 aromatic rings. The first-order valence-electron chi connectivity index (χ1n) is 9.71. The summed E-state index contributed by atoms with van der Waals surface area (Å²) in [5.74, 6) is -0.845. The molecular formula is C21H23ClN2O7S. The van der Waals surface area contributed by atoms with Crippen LogP contribution in [0.25, 0.3) is 0 Å². The molecule has 0 atom stereocenters. The highest BCUT2D eigenvalue weighted by molar-refractivity contribution is 7.89. The summed E-state index contributed by atoms with van der Waals surface area (Å²) in [6.07, 6.45) is 0. The van der Waals surface area contributed by atoms with Crippen molar-refractivity contribution in [2.45, 2.75) is 11.8 Å². The van der Waals surface area contributed by atoms with E-state index in [1.165, 1.54) is 35.7 Å². The van der Waals surface area contributed by atoms with Gasteiger partial charge in [0.1, 0.15) is 5.75 Å². The number of nitrogens with one attached hydrogen (secondary N) is 1. The number of hydrogen-bond acceptors (Lipinski definition) is 7. The van der Waals surface area contributed by atoms with Crippen LogP contribution in [0.15, 0.2) is 41.3 Å². The van der Waals surface area contributed by atoms with Gasteiger partial charge in [-0.3, -0.25) is 4.79 Å². The number of halogens is 1. The third-order valence-corrected chi connectivity index (χ3v) is 7.02. The lowest BCUT2D eigenvalue weighted by Gasteiger charge is -2.26. The molecule has 1 fully saturated rings. The minimum atomic E-state index is -3.76. The quantitative estimate of drug-likeness (QED) is 0.603. The van der Waals surface area contributed by atoms with Gasteiger partial charge in [0.2, 0.25) is 10.0 Å². The van der Waals surface area contributed by atoms with E-state index in [0.29, 0.717) is 19.0 Å². The van der Waals surface area contributed by atoms with Crippen molar-refractivity contribution in [2.75, 3.05) is 45.3 Å². The van der Waals surface area contributed by atoms with Gasteiger partial charge < -0.3 is 19.5 Å². The van der Waals surface area contributed by atoms with Gasteiger partial charge in [0.05, 0.1) is 41.5 Å². The van der Waals surface area contributed by atoms with Gasteiger partial charge in [0, 0.05) is 13.1 Å². The van der Waals surface area contributed by atoms with Crippen molar-refractivity contribution in [3.05, 3.63) is 52.5 Å². The molecule has 0 bridgehead atoms. The molecule has 0 aliphatic carbocycles. The molecule has 0 saturated carbocycles. The highest BCUT2D eigenvalue weighted by Crippen LogP contribution is 2.27. The van der Waals surface area contributed by atoms with E-state index in [2.05, 4.69) is 5.32 Å². The lowest BCUT2D eigenvalue weighted by Crippen LogP contribution is -2.40. The number of anilines is 1. The first-order valence-corrected chi connectivity index (χ1v) is 11.5. The Bertz CT molecular complexity index is 1120. The SMILES string of the molecule is COc1cc(C(=O)OCC(=O)Nc2cc(S(=O)(=O)N3CCOCC3)ccc2Cl)ccc1C. The summed E-state index contributed by atoms with van der Waals surface area (Å²) in [5.41, 5.74) is 1.18. The second-order valence-corrected chi connectivity index (χ2v) is 9.31. The molecule has 1 amide bonds. The highest BCUT2D eigenvalue weighted by Gasteiger charge is 2.27. The predicted octanol–water partition coefficient (Wildman–Crippen LogP) is 2.47. The van der Waals surface area contributed by atoms with Crippen LogP contribution < -0.4 is 10.1 Å². The minimum Gasteiger partial charge on any atom is -0.496 e. The predicted molar refractivity (Wildman–Crippen MR) is 118 cm³/mol. The minimum absolute atomic E-state index is 0.0113. The Morgan fingerprint density at radius 3 is 2.56 bits per heavy atom. The Hall–Kier alpha value is -2.66. The van der Waals surface area contributed by atoms with E-state index in [0.717, 1.165) is 5.56 Å². The van der Waals surface area contributed by atoms with Gasteiger partial charge >= 0.3 is 5.97 Å². The van der Waals surface area contributed by atoms with Crippen molar-refractivity contribution in [3.63, 3.8) is 0 Å². The van der Waals surface area contributed by atoms with Crippen LogP contribution in [0.5, 0.6) is 5.75 Å². The summed E-state index contributed by atoms with van der Waals surface area (Å²) in [5, 5.41) is 2.63. The van der Waals surface area contributed by atoms with Gasteiger partial charge in [-0.25, -0.2) is 13.2 Å². The molecule has 0 spiro atoms. The monoisotopic (exact) mass is 482 g/mol. The summed E-state index contributed by atoms with van der Waals surface area (Å²) in [7, 11) is -2.27. The molecular weight excluding hydrogens is 460 g/mol. The van der Waals surface area contributed by atoms with Crippen molar-refractivity contribution < 1.29 is 32.2 Å². The summed E-state index contributed by atoms with van der Waals surface area (Å²) in [4.78, 5) is 24.5. The number of ether oxygens (including phenoxy) is 3. The summed E-state index contributed by atoms with van der Waals surface area (Å²) in [6, 6.07) is 8.82. The molecule has 3 rings (SSSR count). The van der Waals surface area contributed by atoms with Crippen molar-refractivity contribution in [1.29, 1.82) is 0 Å². The molecule has 1 aliphatic rings. The summed E-state index contributed by atoms with van der Waals surface area (Å²) in [6.45, 7) is 2.37. The fourth-order valence-electron chi connectivity index (χ4n) is 3.04. The molecule has 0 aromatic heterocycles.